The number of para-hydroxylation sites is 1. The highest BCUT2D eigenvalue weighted by Crippen LogP contribution is 2.30. The third-order valence-corrected chi connectivity index (χ3v) is 5.87. The van der Waals surface area contributed by atoms with E-state index in [0.717, 1.165) is 48.1 Å². The Hall–Kier alpha value is -2.12. The average Bonchev–Trinajstić information content (AvgIpc) is 2.87. The molecule has 0 atom stereocenters. The van der Waals surface area contributed by atoms with Gasteiger partial charge in [0, 0.05) is 18.0 Å². The van der Waals surface area contributed by atoms with E-state index in [1.54, 1.807) is 11.8 Å². The molecule has 0 saturated heterocycles. The van der Waals surface area contributed by atoms with E-state index in [1.165, 1.54) is 11.1 Å². The molecular formula is C21H26N4O2S. The van der Waals surface area contributed by atoms with Crippen LogP contribution >= 0.6 is 11.8 Å². The summed E-state index contributed by atoms with van der Waals surface area (Å²) in [4.78, 5) is 18.0. The van der Waals surface area contributed by atoms with Crippen LogP contribution in [0.2, 0.25) is 0 Å². The van der Waals surface area contributed by atoms with Gasteiger partial charge in [-0.05, 0) is 45.2 Å². The molecule has 1 aromatic rings. The maximum absolute atomic E-state index is 13.2. The monoisotopic (exact) mass is 398 g/mol. The molecule has 3 aliphatic heterocycles. The molecule has 0 spiro atoms. The number of aromatic nitrogens is 4. The Morgan fingerprint density at radius 1 is 1.18 bits per heavy atom. The van der Waals surface area contributed by atoms with Crippen molar-refractivity contribution in [2.45, 2.75) is 57.3 Å². The molecule has 0 aromatic heterocycles. The summed E-state index contributed by atoms with van der Waals surface area (Å²) in [5, 5.41) is 5.51. The molecule has 0 saturated carbocycles. The van der Waals surface area contributed by atoms with Crippen LogP contribution in [0.4, 0.5) is 0 Å². The van der Waals surface area contributed by atoms with Crippen LogP contribution in [0.3, 0.4) is 0 Å². The van der Waals surface area contributed by atoms with Crippen LogP contribution in [-0.4, -0.2) is 37.8 Å². The van der Waals surface area contributed by atoms with Gasteiger partial charge in [0.15, 0.2) is 11.0 Å². The summed E-state index contributed by atoms with van der Waals surface area (Å²) in [6.07, 6.45) is 4.50. The van der Waals surface area contributed by atoms with Crippen molar-refractivity contribution in [2.24, 2.45) is 0 Å². The van der Waals surface area contributed by atoms with Gasteiger partial charge in [-0.25, -0.2) is 4.98 Å². The van der Waals surface area contributed by atoms with Crippen LogP contribution in [-0.2, 0) is 17.7 Å². The van der Waals surface area contributed by atoms with Gasteiger partial charge in [-0.15, -0.1) is 5.10 Å². The van der Waals surface area contributed by atoms with E-state index in [1.807, 2.05) is 44.2 Å². The quantitative estimate of drug-likeness (QED) is 0.359. The van der Waals surface area contributed by atoms with E-state index in [2.05, 4.69) is 9.67 Å². The van der Waals surface area contributed by atoms with Gasteiger partial charge in [0.1, 0.15) is 5.56 Å². The standard InChI is InChI=1S/C21H26N4O2S/c1-15(2)27-13-14-28-21-22-19-18(17-11-7-4-8-12-24(17)21)20(26)25(23-19)16-9-5-3-6-10-16/h3,5-6,9-10,15H,4,7-8,11-14H2,1-2H3. The van der Waals surface area contributed by atoms with Crippen molar-refractivity contribution in [3.05, 3.63) is 46.4 Å². The molecular weight excluding hydrogens is 372 g/mol. The highest BCUT2D eigenvalue weighted by atomic mass is 32.2. The molecule has 0 aliphatic carbocycles. The van der Waals surface area contributed by atoms with E-state index in [0.29, 0.717) is 18.0 Å². The van der Waals surface area contributed by atoms with Gasteiger partial charge >= 0.3 is 0 Å². The predicted molar refractivity (Wildman–Crippen MR) is 112 cm³/mol. The number of benzene rings is 1. The van der Waals surface area contributed by atoms with Gasteiger partial charge in [-0.3, -0.25) is 4.79 Å². The summed E-state index contributed by atoms with van der Waals surface area (Å²) in [6, 6.07) is 9.57. The van der Waals surface area contributed by atoms with Crippen LogP contribution in [0.25, 0.3) is 17.1 Å². The maximum atomic E-state index is 13.2. The molecule has 28 heavy (non-hydrogen) atoms. The van der Waals surface area contributed by atoms with Crippen LogP contribution in [0.15, 0.2) is 40.3 Å². The Morgan fingerprint density at radius 2 is 2.00 bits per heavy atom. The molecule has 1 aromatic carbocycles. The molecule has 0 unspecified atom stereocenters. The summed E-state index contributed by atoms with van der Waals surface area (Å²) in [5.74, 6) is 1.38. The molecule has 3 heterocycles. The Kier molecular flexibility index (Phi) is 5.82. The van der Waals surface area contributed by atoms with Gasteiger partial charge in [-0.1, -0.05) is 36.4 Å². The highest BCUT2D eigenvalue weighted by Gasteiger charge is 2.26. The fraction of sp³-hybridized carbons (Fsp3) is 0.476. The lowest BCUT2D eigenvalue weighted by Gasteiger charge is -2.17. The first-order valence-electron chi connectivity index (χ1n) is 9.97. The molecule has 7 heteroatoms. The highest BCUT2D eigenvalue weighted by molar-refractivity contribution is 7.99. The molecule has 0 radical (unpaired) electrons. The molecule has 0 fully saturated rings. The number of thioether (sulfide) groups is 1. The van der Waals surface area contributed by atoms with Crippen LogP contribution < -0.4 is 5.56 Å². The average molecular weight is 399 g/mol. The fourth-order valence-corrected chi connectivity index (χ4v) is 4.50. The number of nitrogens with zero attached hydrogens (tertiary/aromatic N) is 4. The van der Waals surface area contributed by atoms with E-state index >= 15 is 0 Å². The smallest absolute Gasteiger partial charge is 0.284 e. The van der Waals surface area contributed by atoms with Gasteiger partial charge < -0.3 is 9.30 Å². The largest absolute Gasteiger partial charge is 0.378 e. The van der Waals surface area contributed by atoms with Crippen molar-refractivity contribution < 1.29 is 4.74 Å². The van der Waals surface area contributed by atoms with Crippen molar-refractivity contribution in [1.29, 1.82) is 0 Å². The summed E-state index contributed by atoms with van der Waals surface area (Å²) in [5.41, 5.74) is 2.46. The zero-order valence-corrected chi connectivity index (χ0v) is 17.2. The molecule has 0 amide bonds. The zero-order valence-electron chi connectivity index (χ0n) is 16.4. The first kappa shape index (κ1) is 19.2. The number of hydrogen-bond donors (Lipinski definition) is 0. The molecule has 3 aliphatic rings. The predicted octanol–water partition coefficient (Wildman–Crippen LogP) is 3.78. The van der Waals surface area contributed by atoms with Crippen molar-refractivity contribution in [2.75, 3.05) is 12.4 Å². The third-order valence-electron chi connectivity index (χ3n) is 4.93. The summed E-state index contributed by atoms with van der Waals surface area (Å²) in [7, 11) is 0. The van der Waals surface area contributed by atoms with Gasteiger partial charge in [0.05, 0.1) is 18.4 Å². The second kappa shape index (κ2) is 8.49. The van der Waals surface area contributed by atoms with Crippen molar-refractivity contribution in [3.63, 3.8) is 0 Å². The lowest BCUT2D eigenvalue weighted by Crippen LogP contribution is -2.19. The SMILES string of the molecule is CC(C)OCCSc1nc2nn(-c3ccccc3)c(=O)c-2c2n1CCCCC2. The van der Waals surface area contributed by atoms with Gasteiger partial charge in [0.2, 0.25) is 0 Å². The van der Waals surface area contributed by atoms with Crippen molar-refractivity contribution in [3.8, 4) is 17.1 Å². The molecule has 6 nitrogen and oxygen atoms in total. The summed E-state index contributed by atoms with van der Waals surface area (Å²) >= 11 is 1.69. The summed E-state index contributed by atoms with van der Waals surface area (Å²) in [6.45, 7) is 5.67. The lowest BCUT2D eigenvalue weighted by atomic mass is 10.1. The minimum Gasteiger partial charge on any atom is -0.378 e. The molecule has 0 N–H and O–H groups in total. The van der Waals surface area contributed by atoms with E-state index in [-0.39, 0.29) is 11.7 Å². The van der Waals surface area contributed by atoms with Crippen LogP contribution in [0.1, 0.15) is 38.8 Å². The lowest BCUT2D eigenvalue weighted by molar-refractivity contribution is 0.0920. The van der Waals surface area contributed by atoms with Gasteiger partial charge in [0.25, 0.3) is 5.56 Å². The Labute approximate surface area is 169 Å². The van der Waals surface area contributed by atoms with Crippen LogP contribution in [0, 0.1) is 0 Å². The van der Waals surface area contributed by atoms with E-state index < -0.39 is 0 Å². The first-order chi connectivity index (χ1) is 13.6. The zero-order chi connectivity index (χ0) is 19.5. The number of fused-ring (bicyclic) bond motifs is 3. The third kappa shape index (κ3) is 3.86. The fourth-order valence-electron chi connectivity index (χ4n) is 3.62. The molecule has 0 bridgehead atoms. The van der Waals surface area contributed by atoms with Crippen molar-refractivity contribution >= 4 is 11.8 Å². The second-order valence-corrected chi connectivity index (χ2v) is 8.38. The topological polar surface area (TPSA) is 61.9 Å². The Bertz CT molecular complexity index is 965. The van der Waals surface area contributed by atoms with E-state index in [4.69, 9.17) is 9.72 Å². The Balaban J connectivity index is 1.77. The normalized spacial score (nSPS) is 14.4. The Morgan fingerprint density at radius 3 is 2.79 bits per heavy atom. The minimum absolute atomic E-state index is 0.0703. The number of hydrogen-bond acceptors (Lipinski definition) is 5. The van der Waals surface area contributed by atoms with E-state index in [9.17, 15) is 4.79 Å². The first-order valence-corrected chi connectivity index (χ1v) is 11.0. The minimum atomic E-state index is -0.0703. The van der Waals surface area contributed by atoms with Crippen LogP contribution in [0.5, 0.6) is 0 Å². The number of ether oxygens (including phenoxy) is 1. The van der Waals surface area contributed by atoms with Gasteiger partial charge in [-0.2, -0.15) is 4.68 Å². The summed E-state index contributed by atoms with van der Waals surface area (Å²) < 4.78 is 9.40. The molecule has 4 rings (SSSR count). The van der Waals surface area contributed by atoms with Crippen molar-refractivity contribution in [1.82, 2.24) is 19.3 Å². The second-order valence-electron chi connectivity index (χ2n) is 7.32. The maximum Gasteiger partial charge on any atom is 0.284 e. The number of rotatable bonds is 6. The molecule has 148 valence electrons.